The minimum absolute atomic E-state index is 0.486. The zero-order chi connectivity index (χ0) is 17.7. The van der Waals surface area contributed by atoms with E-state index in [0.29, 0.717) is 12.0 Å². The van der Waals surface area contributed by atoms with E-state index in [1.165, 1.54) is 17.7 Å². The standard InChI is InChI=1S/C22H26N2O2/c1-14(25)16-5-2-3-6-17(16)15-11-18-19-13-23-8-7-20(19)24-9-4-10-26-21(12-15)22(18)24/h2-3,5-6,11-12,14,19-20,23,25H,4,7-10,13H2,1H3/t14?,19-,20-/m0/s1. The van der Waals surface area contributed by atoms with Gasteiger partial charge in [0, 0.05) is 25.0 Å². The van der Waals surface area contributed by atoms with Crippen molar-refractivity contribution in [2.45, 2.75) is 37.8 Å². The number of benzene rings is 2. The zero-order valence-electron chi connectivity index (χ0n) is 15.2. The van der Waals surface area contributed by atoms with Gasteiger partial charge in [-0.2, -0.15) is 0 Å². The number of ether oxygens (including phenoxy) is 1. The normalized spacial score (nSPS) is 25.1. The van der Waals surface area contributed by atoms with Crippen LogP contribution in [0.1, 0.15) is 42.9 Å². The maximum Gasteiger partial charge on any atom is 0.143 e. The van der Waals surface area contributed by atoms with Gasteiger partial charge in [-0.05, 0) is 60.7 Å². The summed E-state index contributed by atoms with van der Waals surface area (Å²) in [6.45, 7) is 5.83. The monoisotopic (exact) mass is 350 g/mol. The molecule has 2 aromatic carbocycles. The first-order chi connectivity index (χ1) is 12.7. The third-order valence-electron chi connectivity index (χ3n) is 6.16. The molecule has 1 fully saturated rings. The largest absolute Gasteiger partial charge is 0.491 e. The number of aliphatic hydroxyl groups excluding tert-OH is 1. The molecule has 0 radical (unpaired) electrons. The van der Waals surface area contributed by atoms with E-state index in [2.05, 4.69) is 28.4 Å². The number of aliphatic hydroxyl groups is 1. The first-order valence-electron chi connectivity index (χ1n) is 9.79. The van der Waals surface area contributed by atoms with Crippen molar-refractivity contribution in [2.75, 3.05) is 31.1 Å². The van der Waals surface area contributed by atoms with Crippen molar-refractivity contribution in [3.63, 3.8) is 0 Å². The third kappa shape index (κ3) is 2.43. The zero-order valence-corrected chi connectivity index (χ0v) is 15.2. The Labute approximate surface area is 154 Å². The molecule has 136 valence electrons. The van der Waals surface area contributed by atoms with E-state index in [1.54, 1.807) is 0 Å². The van der Waals surface area contributed by atoms with Crippen molar-refractivity contribution in [1.82, 2.24) is 5.32 Å². The minimum atomic E-state index is -0.486. The van der Waals surface area contributed by atoms with Crippen LogP contribution in [0.4, 0.5) is 5.69 Å². The van der Waals surface area contributed by atoms with Crippen LogP contribution in [0.25, 0.3) is 11.1 Å². The van der Waals surface area contributed by atoms with E-state index < -0.39 is 6.10 Å². The molecule has 1 unspecified atom stereocenters. The quantitative estimate of drug-likeness (QED) is 0.871. The highest BCUT2D eigenvalue weighted by atomic mass is 16.5. The molecule has 0 bridgehead atoms. The molecule has 2 aromatic rings. The lowest BCUT2D eigenvalue weighted by molar-refractivity contribution is 0.200. The summed E-state index contributed by atoms with van der Waals surface area (Å²) in [7, 11) is 0. The fourth-order valence-corrected chi connectivity index (χ4v) is 5.00. The van der Waals surface area contributed by atoms with Crippen LogP contribution in [-0.2, 0) is 0 Å². The van der Waals surface area contributed by atoms with Crippen LogP contribution < -0.4 is 15.0 Å². The maximum absolute atomic E-state index is 10.2. The Morgan fingerprint density at radius 1 is 1.27 bits per heavy atom. The summed E-state index contributed by atoms with van der Waals surface area (Å²) < 4.78 is 6.18. The minimum Gasteiger partial charge on any atom is -0.491 e. The summed E-state index contributed by atoms with van der Waals surface area (Å²) in [4.78, 5) is 2.60. The fourth-order valence-electron chi connectivity index (χ4n) is 5.00. The molecule has 2 N–H and O–H groups in total. The molecule has 0 aromatic heterocycles. The van der Waals surface area contributed by atoms with Gasteiger partial charge in [-0.1, -0.05) is 24.3 Å². The summed E-state index contributed by atoms with van der Waals surface area (Å²) in [5.41, 5.74) is 5.97. The molecule has 0 aliphatic carbocycles. The summed E-state index contributed by atoms with van der Waals surface area (Å²) in [5.74, 6) is 1.54. The predicted octanol–water partition coefficient (Wildman–Crippen LogP) is 3.45. The average Bonchev–Trinajstić information content (AvgIpc) is 2.83. The summed E-state index contributed by atoms with van der Waals surface area (Å²) >= 11 is 0. The molecular weight excluding hydrogens is 324 g/mol. The Morgan fingerprint density at radius 2 is 2.15 bits per heavy atom. The van der Waals surface area contributed by atoms with Crippen molar-refractivity contribution in [1.29, 1.82) is 0 Å². The number of anilines is 1. The Morgan fingerprint density at radius 3 is 3.04 bits per heavy atom. The van der Waals surface area contributed by atoms with Crippen LogP contribution in [0.2, 0.25) is 0 Å². The lowest BCUT2D eigenvalue weighted by atomic mass is 9.87. The van der Waals surface area contributed by atoms with Gasteiger partial charge in [0.05, 0.1) is 18.4 Å². The second kappa shape index (κ2) is 6.29. The lowest BCUT2D eigenvalue weighted by Gasteiger charge is -2.33. The second-order valence-electron chi connectivity index (χ2n) is 7.74. The molecule has 0 spiro atoms. The first kappa shape index (κ1) is 16.2. The summed E-state index contributed by atoms with van der Waals surface area (Å²) in [5, 5.41) is 13.8. The molecule has 3 atom stereocenters. The molecule has 0 saturated carbocycles. The first-order valence-corrected chi connectivity index (χ1v) is 9.79. The van der Waals surface area contributed by atoms with E-state index in [1.807, 2.05) is 25.1 Å². The highest BCUT2D eigenvalue weighted by Gasteiger charge is 2.42. The van der Waals surface area contributed by atoms with Crippen LogP contribution in [0, 0.1) is 0 Å². The van der Waals surface area contributed by atoms with Crippen LogP contribution in [0.15, 0.2) is 36.4 Å². The van der Waals surface area contributed by atoms with Gasteiger partial charge in [0.2, 0.25) is 0 Å². The van der Waals surface area contributed by atoms with Gasteiger partial charge in [0.15, 0.2) is 0 Å². The SMILES string of the molecule is CC(O)c1ccccc1-c1cc2c3c(c1)[C@@H]1CNCC[C@@H]1N3CCCO2. The molecule has 3 aliphatic rings. The van der Waals surface area contributed by atoms with Crippen LogP contribution in [0.3, 0.4) is 0 Å². The van der Waals surface area contributed by atoms with Crippen LogP contribution in [0.5, 0.6) is 5.75 Å². The predicted molar refractivity (Wildman–Crippen MR) is 104 cm³/mol. The molecule has 26 heavy (non-hydrogen) atoms. The van der Waals surface area contributed by atoms with Crippen molar-refractivity contribution in [3.05, 3.63) is 47.5 Å². The van der Waals surface area contributed by atoms with Crippen molar-refractivity contribution in [3.8, 4) is 16.9 Å². The Balaban J connectivity index is 1.69. The summed E-state index contributed by atoms with van der Waals surface area (Å²) in [6, 6.07) is 13.3. The number of fused-ring (bicyclic) bond motifs is 3. The van der Waals surface area contributed by atoms with E-state index in [0.717, 1.165) is 55.1 Å². The number of piperidine rings is 1. The molecule has 5 rings (SSSR count). The van der Waals surface area contributed by atoms with Gasteiger partial charge in [-0.25, -0.2) is 0 Å². The number of hydrogen-bond donors (Lipinski definition) is 2. The highest BCUT2D eigenvalue weighted by Crippen LogP contribution is 2.51. The van der Waals surface area contributed by atoms with Crippen molar-refractivity contribution < 1.29 is 9.84 Å². The molecule has 0 amide bonds. The van der Waals surface area contributed by atoms with E-state index in [9.17, 15) is 5.11 Å². The molecule has 4 heteroatoms. The number of hydrogen-bond acceptors (Lipinski definition) is 4. The van der Waals surface area contributed by atoms with Gasteiger partial charge in [0.1, 0.15) is 5.75 Å². The number of nitrogens with one attached hydrogen (secondary N) is 1. The van der Waals surface area contributed by atoms with Crippen LogP contribution >= 0.6 is 0 Å². The maximum atomic E-state index is 10.2. The Kier molecular flexibility index (Phi) is 3.91. The molecule has 1 saturated heterocycles. The van der Waals surface area contributed by atoms with Gasteiger partial charge >= 0.3 is 0 Å². The Bertz CT molecular complexity index is 833. The van der Waals surface area contributed by atoms with E-state index in [-0.39, 0.29) is 0 Å². The smallest absolute Gasteiger partial charge is 0.143 e. The van der Waals surface area contributed by atoms with Gasteiger partial charge < -0.3 is 20.1 Å². The van der Waals surface area contributed by atoms with Crippen molar-refractivity contribution >= 4 is 5.69 Å². The molecule has 4 nitrogen and oxygen atoms in total. The summed E-state index contributed by atoms with van der Waals surface area (Å²) in [6.07, 6.45) is 1.78. The van der Waals surface area contributed by atoms with Crippen molar-refractivity contribution in [2.24, 2.45) is 0 Å². The molecule has 3 aliphatic heterocycles. The topological polar surface area (TPSA) is 44.7 Å². The van der Waals surface area contributed by atoms with E-state index in [4.69, 9.17) is 4.74 Å². The third-order valence-corrected chi connectivity index (χ3v) is 6.16. The average molecular weight is 350 g/mol. The molecule has 3 heterocycles. The highest BCUT2D eigenvalue weighted by molar-refractivity contribution is 5.79. The van der Waals surface area contributed by atoms with Gasteiger partial charge in [-0.15, -0.1) is 0 Å². The Hall–Kier alpha value is -2.04. The van der Waals surface area contributed by atoms with Crippen LogP contribution in [-0.4, -0.2) is 37.4 Å². The fraction of sp³-hybridized carbons (Fsp3) is 0.455. The van der Waals surface area contributed by atoms with Gasteiger partial charge in [0.25, 0.3) is 0 Å². The van der Waals surface area contributed by atoms with E-state index >= 15 is 0 Å². The number of nitrogens with zero attached hydrogens (tertiary/aromatic N) is 1. The second-order valence-corrected chi connectivity index (χ2v) is 7.74. The number of rotatable bonds is 2. The van der Waals surface area contributed by atoms with Gasteiger partial charge in [-0.3, -0.25) is 0 Å². The molecular formula is C22H26N2O2. The lowest BCUT2D eigenvalue weighted by Crippen LogP contribution is -2.44.